The average Bonchev–Trinajstić information content (AvgIpc) is 3.16. The molecule has 2 heterocycles. The van der Waals surface area contributed by atoms with Crippen LogP contribution in [0.2, 0.25) is 0 Å². The van der Waals surface area contributed by atoms with E-state index >= 15 is 0 Å². The van der Waals surface area contributed by atoms with Gasteiger partial charge in [-0.3, -0.25) is 4.79 Å². The fourth-order valence-corrected chi connectivity index (χ4v) is 6.15. The summed E-state index contributed by atoms with van der Waals surface area (Å²) in [5.74, 6) is 0.749. The largest absolute Gasteiger partial charge is 0.465 e. The number of rotatable bonds is 6. The Bertz CT molecular complexity index is 816. The molecule has 1 aliphatic rings. The molecule has 0 saturated carbocycles. The first-order chi connectivity index (χ1) is 12.5. The van der Waals surface area contributed by atoms with E-state index in [2.05, 4.69) is 22.4 Å². The number of nitrogens with zero attached hydrogens (tertiary/aromatic N) is 2. The summed E-state index contributed by atoms with van der Waals surface area (Å²) in [5, 5.41) is 12.5. The Labute approximate surface area is 164 Å². The van der Waals surface area contributed by atoms with Crippen LogP contribution in [0.25, 0.3) is 0 Å². The number of thioether (sulfide) groups is 1. The van der Waals surface area contributed by atoms with Gasteiger partial charge < -0.3 is 10.1 Å². The summed E-state index contributed by atoms with van der Waals surface area (Å²) in [7, 11) is 1.38. The van der Waals surface area contributed by atoms with Crippen LogP contribution in [0, 0.1) is 12.8 Å². The number of fused-ring (bicyclic) bond motifs is 1. The Balaban J connectivity index is 1.66. The number of hydrogen-bond donors (Lipinski definition) is 1. The van der Waals surface area contributed by atoms with E-state index < -0.39 is 0 Å². The summed E-state index contributed by atoms with van der Waals surface area (Å²) < 4.78 is 5.82. The molecule has 1 amide bonds. The lowest BCUT2D eigenvalue weighted by Gasteiger charge is -2.18. The van der Waals surface area contributed by atoms with Gasteiger partial charge in [-0.25, -0.2) is 4.79 Å². The maximum Gasteiger partial charge on any atom is 0.341 e. The molecule has 26 heavy (non-hydrogen) atoms. The van der Waals surface area contributed by atoms with Crippen molar-refractivity contribution in [3.63, 3.8) is 0 Å². The number of hydrogen-bond acceptors (Lipinski definition) is 8. The van der Waals surface area contributed by atoms with Crippen molar-refractivity contribution in [3.05, 3.63) is 21.0 Å². The number of esters is 1. The molecule has 2 aromatic heterocycles. The quantitative estimate of drug-likeness (QED) is 0.573. The van der Waals surface area contributed by atoms with Crippen molar-refractivity contribution < 1.29 is 14.3 Å². The van der Waals surface area contributed by atoms with Gasteiger partial charge in [0.15, 0.2) is 4.34 Å². The van der Waals surface area contributed by atoms with E-state index in [4.69, 9.17) is 4.74 Å². The maximum absolute atomic E-state index is 12.3. The van der Waals surface area contributed by atoms with Crippen LogP contribution in [-0.2, 0) is 22.4 Å². The third-order valence-electron chi connectivity index (χ3n) is 4.22. The van der Waals surface area contributed by atoms with E-state index in [9.17, 15) is 9.59 Å². The van der Waals surface area contributed by atoms with E-state index in [-0.39, 0.29) is 11.9 Å². The third-order valence-corrected chi connectivity index (χ3v) is 7.36. The van der Waals surface area contributed by atoms with Crippen LogP contribution in [0.1, 0.15) is 45.6 Å². The van der Waals surface area contributed by atoms with Gasteiger partial charge in [-0.1, -0.05) is 30.0 Å². The molecule has 0 saturated heterocycles. The minimum absolute atomic E-state index is 0.101. The van der Waals surface area contributed by atoms with Gasteiger partial charge in [0.25, 0.3) is 0 Å². The Kier molecular flexibility index (Phi) is 6.31. The number of nitrogens with one attached hydrogen (secondary N) is 1. The SMILES string of the molecule is COC(=O)c1c(NC(=O)CCSc2nnc(C)s2)sc2c1CCC(C)C2. The molecular formula is C17H21N3O3S3. The fraction of sp³-hybridized carbons (Fsp3) is 0.529. The molecule has 0 radical (unpaired) electrons. The minimum atomic E-state index is -0.369. The molecular weight excluding hydrogens is 390 g/mol. The van der Waals surface area contributed by atoms with Gasteiger partial charge in [-0.05, 0) is 37.7 Å². The number of anilines is 1. The zero-order valence-corrected chi connectivity index (χ0v) is 17.4. The van der Waals surface area contributed by atoms with Crippen molar-refractivity contribution >= 4 is 51.3 Å². The standard InChI is InChI=1S/C17H21N3O3S3/c1-9-4-5-11-12(8-9)26-15(14(11)16(22)23-3)18-13(21)6-7-24-17-20-19-10(2)25-17/h9H,4-8H2,1-3H3,(H,18,21). The highest BCUT2D eigenvalue weighted by Crippen LogP contribution is 2.40. The Morgan fingerprint density at radius 2 is 2.15 bits per heavy atom. The Hall–Kier alpha value is -1.45. The molecule has 140 valence electrons. The van der Waals surface area contributed by atoms with Gasteiger partial charge in [0.2, 0.25) is 5.91 Å². The molecule has 1 N–H and O–H groups in total. The Morgan fingerprint density at radius 1 is 1.35 bits per heavy atom. The van der Waals surface area contributed by atoms with Crippen molar-refractivity contribution in [1.82, 2.24) is 10.2 Å². The van der Waals surface area contributed by atoms with E-state index in [1.165, 1.54) is 46.4 Å². The van der Waals surface area contributed by atoms with Crippen molar-refractivity contribution in [2.24, 2.45) is 5.92 Å². The monoisotopic (exact) mass is 411 g/mol. The number of amides is 1. The first-order valence-corrected chi connectivity index (χ1v) is 11.1. The molecule has 2 aromatic rings. The zero-order valence-electron chi connectivity index (χ0n) is 15.0. The first kappa shape index (κ1) is 19.3. The van der Waals surface area contributed by atoms with Crippen LogP contribution in [-0.4, -0.2) is 34.9 Å². The maximum atomic E-state index is 12.3. The van der Waals surface area contributed by atoms with Crippen LogP contribution in [0.15, 0.2) is 4.34 Å². The number of aryl methyl sites for hydroxylation is 1. The fourth-order valence-electron chi connectivity index (χ4n) is 2.91. The molecule has 1 aliphatic carbocycles. The molecule has 0 aromatic carbocycles. The second-order valence-corrected chi connectivity index (χ2v) is 9.91. The van der Waals surface area contributed by atoms with Gasteiger partial charge in [-0.15, -0.1) is 21.5 Å². The van der Waals surface area contributed by atoms with Crippen LogP contribution in [0.3, 0.4) is 0 Å². The lowest BCUT2D eigenvalue weighted by atomic mass is 9.88. The molecule has 0 bridgehead atoms. The highest BCUT2D eigenvalue weighted by Gasteiger charge is 2.28. The lowest BCUT2D eigenvalue weighted by Crippen LogP contribution is -2.16. The second kappa shape index (κ2) is 8.49. The molecule has 3 rings (SSSR count). The molecule has 1 unspecified atom stereocenters. The summed E-state index contributed by atoms with van der Waals surface area (Å²) in [5.41, 5.74) is 1.59. The van der Waals surface area contributed by atoms with Crippen molar-refractivity contribution in [2.45, 2.75) is 43.9 Å². The van der Waals surface area contributed by atoms with Gasteiger partial charge >= 0.3 is 5.97 Å². The predicted molar refractivity (Wildman–Crippen MR) is 105 cm³/mol. The first-order valence-electron chi connectivity index (χ1n) is 8.43. The number of aromatic nitrogens is 2. The van der Waals surface area contributed by atoms with E-state index in [0.29, 0.717) is 28.7 Å². The predicted octanol–water partition coefficient (Wildman–Crippen LogP) is 3.94. The van der Waals surface area contributed by atoms with Crippen molar-refractivity contribution in [2.75, 3.05) is 18.2 Å². The van der Waals surface area contributed by atoms with Crippen LogP contribution in [0.5, 0.6) is 0 Å². The summed E-state index contributed by atoms with van der Waals surface area (Å²) in [4.78, 5) is 25.8. The molecule has 9 heteroatoms. The molecule has 6 nitrogen and oxygen atoms in total. The van der Waals surface area contributed by atoms with Crippen molar-refractivity contribution in [3.8, 4) is 0 Å². The van der Waals surface area contributed by atoms with Crippen molar-refractivity contribution in [1.29, 1.82) is 0 Å². The number of methoxy groups -OCH3 is 1. The smallest absolute Gasteiger partial charge is 0.341 e. The normalized spacial score (nSPS) is 16.2. The number of thiophene rings is 1. The summed E-state index contributed by atoms with van der Waals surface area (Å²) in [6.45, 7) is 4.12. The van der Waals surface area contributed by atoms with Gasteiger partial charge in [0.05, 0.1) is 12.7 Å². The van der Waals surface area contributed by atoms with Gasteiger partial charge in [0, 0.05) is 17.1 Å². The minimum Gasteiger partial charge on any atom is -0.465 e. The molecule has 0 fully saturated rings. The molecule has 0 spiro atoms. The zero-order chi connectivity index (χ0) is 18.7. The summed E-state index contributed by atoms with van der Waals surface area (Å²) in [6.07, 6.45) is 3.22. The Morgan fingerprint density at radius 3 is 2.85 bits per heavy atom. The van der Waals surface area contributed by atoms with Gasteiger partial charge in [0.1, 0.15) is 10.0 Å². The van der Waals surface area contributed by atoms with E-state index in [1.54, 1.807) is 0 Å². The lowest BCUT2D eigenvalue weighted by molar-refractivity contribution is -0.115. The van der Waals surface area contributed by atoms with E-state index in [1.807, 2.05) is 6.92 Å². The second-order valence-electron chi connectivity index (χ2n) is 6.28. The third kappa shape index (κ3) is 4.44. The highest BCUT2D eigenvalue weighted by molar-refractivity contribution is 8.01. The highest BCUT2D eigenvalue weighted by atomic mass is 32.2. The summed E-state index contributed by atoms with van der Waals surface area (Å²) in [6, 6.07) is 0. The van der Waals surface area contributed by atoms with Crippen LogP contribution < -0.4 is 5.32 Å². The molecule has 1 atom stereocenters. The number of carbonyl (C=O) groups excluding carboxylic acids is 2. The molecule has 0 aliphatic heterocycles. The van der Waals surface area contributed by atoms with E-state index in [0.717, 1.165) is 34.2 Å². The van der Waals surface area contributed by atoms with Gasteiger partial charge in [-0.2, -0.15) is 0 Å². The number of carbonyl (C=O) groups is 2. The average molecular weight is 412 g/mol. The number of ether oxygens (including phenoxy) is 1. The van der Waals surface area contributed by atoms with Crippen LogP contribution in [0.4, 0.5) is 5.00 Å². The van der Waals surface area contributed by atoms with Crippen LogP contribution >= 0.6 is 34.4 Å². The summed E-state index contributed by atoms with van der Waals surface area (Å²) >= 11 is 4.55. The topological polar surface area (TPSA) is 81.2 Å².